The largest absolute Gasteiger partial charge is 0.389 e. The molecule has 0 aliphatic carbocycles. The van der Waals surface area contributed by atoms with Crippen LogP contribution >= 0.6 is 0 Å². The molecule has 3 N–H and O–H groups in total. The van der Waals surface area contributed by atoms with Gasteiger partial charge in [0.05, 0.1) is 28.9 Å². The normalized spacial score (nSPS) is 17.1. The van der Waals surface area contributed by atoms with Crippen LogP contribution in [0.15, 0.2) is 30.5 Å². The van der Waals surface area contributed by atoms with Crippen LogP contribution in [-0.2, 0) is 11.2 Å². The van der Waals surface area contributed by atoms with Crippen LogP contribution in [0.5, 0.6) is 0 Å². The lowest BCUT2D eigenvalue weighted by Gasteiger charge is -2.37. The molecule has 3 amide bonds. The van der Waals surface area contributed by atoms with Gasteiger partial charge in [-0.3, -0.25) is 4.79 Å². The van der Waals surface area contributed by atoms with E-state index in [1.54, 1.807) is 41.8 Å². The topological polar surface area (TPSA) is 99.5 Å². The summed E-state index contributed by atoms with van der Waals surface area (Å²) < 4.78 is 15.1. The highest BCUT2D eigenvalue weighted by atomic mass is 19.1. The zero-order chi connectivity index (χ0) is 23.6. The first-order valence-electron chi connectivity index (χ1n) is 10.9. The minimum absolute atomic E-state index is 0.0620. The van der Waals surface area contributed by atoms with Crippen LogP contribution in [-0.4, -0.2) is 51.1 Å². The minimum atomic E-state index is -1.06. The average molecular weight is 446 g/mol. The van der Waals surface area contributed by atoms with Gasteiger partial charge in [-0.25, -0.2) is 13.9 Å². The van der Waals surface area contributed by atoms with Gasteiger partial charge in [0.1, 0.15) is 11.9 Å². The number of urea groups is 1. The molecule has 0 radical (unpaired) electrons. The monoisotopic (exact) mass is 445 g/mol. The summed E-state index contributed by atoms with van der Waals surface area (Å²) in [6, 6.07) is 4.73. The smallest absolute Gasteiger partial charge is 0.315 e. The van der Waals surface area contributed by atoms with Crippen LogP contribution in [0.3, 0.4) is 0 Å². The molecule has 0 saturated carbocycles. The van der Waals surface area contributed by atoms with E-state index in [4.69, 9.17) is 0 Å². The molecule has 1 aliphatic heterocycles. The molecule has 2 aromatic rings. The van der Waals surface area contributed by atoms with Gasteiger partial charge in [0.15, 0.2) is 0 Å². The lowest BCUT2D eigenvalue weighted by atomic mass is 9.97. The van der Waals surface area contributed by atoms with Crippen LogP contribution in [0.2, 0.25) is 0 Å². The molecule has 9 heteroatoms. The Labute approximate surface area is 187 Å². The SMILES string of the molecule is CC(C)C(NC(=O)NCC(C)(C)O)C(=O)N1c2cnn(-c3ccc(F)cc3)c2CCC1C. The molecule has 0 fully saturated rings. The molecule has 2 heterocycles. The number of aliphatic hydroxyl groups is 1. The van der Waals surface area contributed by atoms with Gasteiger partial charge in [-0.15, -0.1) is 0 Å². The third-order valence-corrected chi connectivity index (χ3v) is 5.56. The maximum atomic E-state index is 13.6. The predicted octanol–water partition coefficient (Wildman–Crippen LogP) is 2.77. The summed E-state index contributed by atoms with van der Waals surface area (Å²) in [7, 11) is 0. The van der Waals surface area contributed by atoms with E-state index in [-0.39, 0.29) is 30.2 Å². The van der Waals surface area contributed by atoms with Crippen molar-refractivity contribution < 1.29 is 19.1 Å². The molecule has 174 valence electrons. The highest BCUT2D eigenvalue weighted by Crippen LogP contribution is 2.33. The number of carbonyl (C=O) groups excluding carboxylic acids is 2. The zero-order valence-corrected chi connectivity index (χ0v) is 19.2. The van der Waals surface area contributed by atoms with Crippen molar-refractivity contribution in [3.8, 4) is 5.69 Å². The van der Waals surface area contributed by atoms with Crippen molar-refractivity contribution in [1.82, 2.24) is 20.4 Å². The number of hydrogen-bond acceptors (Lipinski definition) is 4. The number of hydrogen-bond donors (Lipinski definition) is 3. The van der Waals surface area contributed by atoms with Crippen LogP contribution in [0.4, 0.5) is 14.9 Å². The number of amides is 3. The van der Waals surface area contributed by atoms with Crippen molar-refractivity contribution in [3.63, 3.8) is 0 Å². The third-order valence-electron chi connectivity index (χ3n) is 5.56. The highest BCUT2D eigenvalue weighted by molar-refractivity contribution is 6.00. The van der Waals surface area contributed by atoms with Gasteiger partial charge in [-0.2, -0.15) is 5.10 Å². The Bertz CT molecular complexity index is 965. The first-order valence-corrected chi connectivity index (χ1v) is 10.9. The van der Waals surface area contributed by atoms with Gasteiger partial charge < -0.3 is 20.6 Å². The van der Waals surface area contributed by atoms with Crippen molar-refractivity contribution in [2.24, 2.45) is 5.92 Å². The number of fused-ring (bicyclic) bond motifs is 1. The van der Waals surface area contributed by atoms with Crippen molar-refractivity contribution in [2.45, 2.75) is 65.1 Å². The molecule has 1 aliphatic rings. The second-order valence-corrected chi connectivity index (χ2v) is 9.32. The van der Waals surface area contributed by atoms with Crippen molar-refractivity contribution >= 4 is 17.6 Å². The number of halogens is 1. The lowest BCUT2D eigenvalue weighted by molar-refractivity contribution is -0.121. The summed E-state index contributed by atoms with van der Waals surface area (Å²) in [5.74, 6) is -0.695. The van der Waals surface area contributed by atoms with E-state index in [0.717, 1.165) is 24.2 Å². The fourth-order valence-electron chi connectivity index (χ4n) is 3.81. The van der Waals surface area contributed by atoms with Crippen LogP contribution in [0.1, 0.15) is 46.7 Å². The van der Waals surface area contributed by atoms with E-state index in [0.29, 0.717) is 5.69 Å². The highest BCUT2D eigenvalue weighted by Gasteiger charge is 2.37. The fraction of sp³-hybridized carbons (Fsp3) is 0.522. The number of rotatable bonds is 6. The number of carbonyl (C=O) groups is 2. The van der Waals surface area contributed by atoms with Crippen LogP contribution in [0.25, 0.3) is 5.69 Å². The lowest BCUT2D eigenvalue weighted by Crippen LogP contribution is -2.57. The molecule has 1 aromatic heterocycles. The Hall–Kier alpha value is -2.94. The summed E-state index contributed by atoms with van der Waals surface area (Å²) in [4.78, 5) is 27.7. The molecule has 0 saturated heterocycles. The number of aromatic nitrogens is 2. The Morgan fingerprint density at radius 1 is 1.28 bits per heavy atom. The van der Waals surface area contributed by atoms with Crippen molar-refractivity contribution in [3.05, 3.63) is 42.0 Å². The predicted molar refractivity (Wildman–Crippen MR) is 120 cm³/mol. The Morgan fingerprint density at radius 2 is 1.94 bits per heavy atom. The number of nitrogens with one attached hydrogen (secondary N) is 2. The van der Waals surface area contributed by atoms with Crippen molar-refractivity contribution in [2.75, 3.05) is 11.4 Å². The molecule has 3 rings (SSSR count). The number of nitrogens with zero attached hydrogens (tertiary/aromatic N) is 3. The van der Waals surface area contributed by atoms with E-state index in [9.17, 15) is 19.1 Å². The zero-order valence-electron chi connectivity index (χ0n) is 19.2. The van der Waals surface area contributed by atoms with E-state index >= 15 is 0 Å². The molecule has 32 heavy (non-hydrogen) atoms. The van der Waals surface area contributed by atoms with Gasteiger partial charge in [-0.1, -0.05) is 13.8 Å². The van der Waals surface area contributed by atoms with Crippen molar-refractivity contribution in [1.29, 1.82) is 0 Å². The fourth-order valence-corrected chi connectivity index (χ4v) is 3.81. The standard InChI is InChI=1S/C23H32FN5O3/c1-14(2)20(27-22(31)25-13-23(4,5)32)21(30)28-15(3)6-11-18-19(28)12-26-29(18)17-9-7-16(24)8-10-17/h7-10,12,14-15,20,32H,6,11,13H2,1-5H3,(H2,25,27,31). The maximum Gasteiger partial charge on any atom is 0.315 e. The van der Waals surface area contributed by atoms with Gasteiger partial charge in [0.25, 0.3) is 0 Å². The summed E-state index contributed by atoms with van der Waals surface area (Å²) >= 11 is 0. The van der Waals surface area contributed by atoms with Gasteiger partial charge in [0.2, 0.25) is 5.91 Å². The van der Waals surface area contributed by atoms with Gasteiger partial charge in [-0.05, 0) is 63.8 Å². The molecule has 2 unspecified atom stereocenters. The van der Waals surface area contributed by atoms with E-state index in [1.165, 1.54) is 12.1 Å². The van der Waals surface area contributed by atoms with E-state index in [2.05, 4.69) is 15.7 Å². The Morgan fingerprint density at radius 3 is 2.53 bits per heavy atom. The second kappa shape index (κ2) is 9.28. The maximum absolute atomic E-state index is 13.6. The first kappa shape index (κ1) is 23.7. The molecular weight excluding hydrogens is 413 g/mol. The summed E-state index contributed by atoms with van der Waals surface area (Å²) in [6.07, 6.45) is 3.11. The molecule has 2 atom stereocenters. The Kier molecular flexibility index (Phi) is 6.88. The summed E-state index contributed by atoms with van der Waals surface area (Å²) in [6.45, 7) is 8.96. The molecule has 1 aromatic carbocycles. The summed E-state index contributed by atoms with van der Waals surface area (Å²) in [5.41, 5.74) is 1.23. The van der Waals surface area contributed by atoms with Gasteiger partial charge >= 0.3 is 6.03 Å². The van der Waals surface area contributed by atoms with Gasteiger partial charge in [0, 0.05) is 12.6 Å². The quantitative estimate of drug-likeness (QED) is 0.637. The van der Waals surface area contributed by atoms with Crippen LogP contribution < -0.4 is 15.5 Å². The Balaban J connectivity index is 1.85. The van der Waals surface area contributed by atoms with E-state index < -0.39 is 17.7 Å². The molecular formula is C23H32FN5O3. The molecule has 0 bridgehead atoms. The summed E-state index contributed by atoms with van der Waals surface area (Å²) in [5, 5.41) is 19.7. The van der Waals surface area contributed by atoms with Crippen LogP contribution in [0, 0.1) is 11.7 Å². The van der Waals surface area contributed by atoms with E-state index in [1.807, 2.05) is 20.8 Å². The minimum Gasteiger partial charge on any atom is -0.389 e. The number of anilines is 1. The molecule has 8 nitrogen and oxygen atoms in total. The third kappa shape index (κ3) is 5.27. The first-order chi connectivity index (χ1) is 15.0. The average Bonchev–Trinajstić information content (AvgIpc) is 3.13. The second-order valence-electron chi connectivity index (χ2n) is 9.32. The molecule has 0 spiro atoms. The number of benzene rings is 1.